The summed E-state index contributed by atoms with van der Waals surface area (Å²) in [4.78, 5) is 0. The third-order valence-corrected chi connectivity index (χ3v) is 3.70. The summed E-state index contributed by atoms with van der Waals surface area (Å²) in [5.74, 6) is -0.646. The van der Waals surface area contributed by atoms with Crippen molar-refractivity contribution in [2.24, 2.45) is 0 Å². The predicted molar refractivity (Wildman–Crippen MR) is 74.5 cm³/mol. The first-order chi connectivity index (χ1) is 9.58. The van der Waals surface area contributed by atoms with Crippen LogP contribution in [0.3, 0.4) is 0 Å². The molecule has 0 amide bonds. The molecule has 1 aliphatic rings. The third kappa shape index (κ3) is 1.87. The molecule has 0 aliphatic carbocycles. The van der Waals surface area contributed by atoms with Crippen molar-refractivity contribution < 1.29 is 20.4 Å². The maximum absolute atomic E-state index is 9.90. The molecule has 0 spiro atoms. The Balaban J connectivity index is 2.10. The zero-order chi connectivity index (χ0) is 14.3. The minimum absolute atomic E-state index is 0.00995. The first kappa shape index (κ1) is 12.5. The Labute approximate surface area is 115 Å². The van der Waals surface area contributed by atoms with Gasteiger partial charge in [-0.2, -0.15) is 0 Å². The van der Waals surface area contributed by atoms with Crippen LogP contribution < -0.4 is 5.32 Å². The van der Waals surface area contributed by atoms with E-state index in [-0.39, 0.29) is 28.9 Å². The van der Waals surface area contributed by atoms with Gasteiger partial charge in [-0.05, 0) is 35.7 Å². The molecule has 0 aromatic heterocycles. The number of fused-ring (bicyclic) bond motifs is 1. The van der Waals surface area contributed by atoms with Crippen LogP contribution in [0.4, 0.5) is 5.69 Å². The van der Waals surface area contributed by atoms with Crippen LogP contribution in [0, 0.1) is 0 Å². The lowest BCUT2D eigenvalue weighted by Gasteiger charge is -2.28. The van der Waals surface area contributed by atoms with E-state index < -0.39 is 0 Å². The van der Waals surface area contributed by atoms with E-state index in [0.29, 0.717) is 12.2 Å². The Hall–Kier alpha value is -2.56. The molecule has 1 aliphatic heterocycles. The van der Waals surface area contributed by atoms with E-state index in [1.165, 1.54) is 18.2 Å². The van der Waals surface area contributed by atoms with Crippen molar-refractivity contribution in [3.8, 4) is 23.0 Å². The van der Waals surface area contributed by atoms with Crippen LogP contribution in [-0.4, -0.2) is 27.0 Å². The van der Waals surface area contributed by atoms with Crippen LogP contribution >= 0.6 is 0 Å². The topological polar surface area (TPSA) is 93.0 Å². The summed E-state index contributed by atoms with van der Waals surface area (Å²) in [6.45, 7) is 0.649. The SMILES string of the molecule is Oc1ccc(C2CCNc3c2ccc(O)c3O)cc1O. The van der Waals surface area contributed by atoms with Crippen LogP contribution in [0.15, 0.2) is 30.3 Å². The number of phenols is 4. The van der Waals surface area contributed by atoms with E-state index in [4.69, 9.17) is 0 Å². The minimum Gasteiger partial charge on any atom is -0.504 e. The number of rotatable bonds is 1. The monoisotopic (exact) mass is 273 g/mol. The van der Waals surface area contributed by atoms with Crippen molar-refractivity contribution in [2.75, 3.05) is 11.9 Å². The number of hydrogen-bond donors (Lipinski definition) is 5. The fraction of sp³-hybridized carbons (Fsp3) is 0.200. The quantitative estimate of drug-likeness (QED) is 0.515. The number of hydrogen-bond acceptors (Lipinski definition) is 5. The van der Waals surface area contributed by atoms with E-state index in [0.717, 1.165) is 17.5 Å². The van der Waals surface area contributed by atoms with Gasteiger partial charge in [-0.25, -0.2) is 0 Å². The van der Waals surface area contributed by atoms with Crippen LogP contribution in [0.5, 0.6) is 23.0 Å². The van der Waals surface area contributed by atoms with Crippen LogP contribution in [0.25, 0.3) is 0 Å². The van der Waals surface area contributed by atoms with Crippen LogP contribution in [0.1, 0.15) is 23.5 Å². The summed E-state index contributed by atoms with van der Waals surface area (Å²) in [5, 5.41) is 41.5. The first-order valence-electron chi connectivity index (χ1n) is 6.38. The van der Waals surface area contributed by atoms with Gasteiger partial charge in [0.15, 0.2) is 23.0 Å². The standard InChI is InChI=1S/C15H15NO4/c17-11-3-1-8(7-13(11)19)9-5-6-16-14-10(9)2-4-12(18)15(14)20/h1-4,7,9,16-20H,5-6H2. The lowest BCUT2D eigenvalue weighted by Crippen LogP contribution is -2.17. The molecular weight excluding hydrogens is 258 g/mol. The number of phenolic OH excluding ortho intramolecular Hbond substituents is 4. The van der Waals surface area contributed by atoms with Gasteiger partial charge in [0.1, 0.15) is 0 Å². The molecule has 2 aromatic carbocycles. The van der Waals surface area contributed by atoms with E-state index >= 15 is 0 Å². The maximum Gasteiger partial charge on any atom is 0.181 e. The average Bonchev–Trinajstić information content (AvgIpc) is 2.45. The van der Waals surface area contributed by atoms with Gasteiger partial charge in [0.2, 0.25) is 0 Å². The molecule has 0 bridgehead atoms. The van der Waals surface area contributed by atoms with Gasteiger partial charge in [0.25, 0.3) is 0 Å². The number of anilines is 1. The Morgan fingerprint density at radius 1 is 0.900 bits per heavy atom. The Morgan fingerprint density at radius 2 is 1.65 bits per heavy atom. The van der Waals surface area contributed by atoms with Crippen molar-refractivity contribution in [3.05, 3.63) is 41.5 Å². The molecule has 0 radical (unpaired) electrons. The Bertz CT molecular complexity index is 669. The number of benzene rings is 2. The lowest BCUT2D eigenvalue weighted by atomic mass is 9.84. The van der Waals surface area contributed by atoms with Crippen molar-refractivity contribution >= 4 is 5.69 Å². The summed E-state index contributed by atoms with van der Waals surface area (Å²) >= 11 is 0. The highest BCUT2D eigenvalue weighted by atomic mass is 16.3. The minimum atomic E-state index is -0.162. The van der Waals surface area contributed by atoms with Gasteiger partial charge in [0.05, 0.1) is 5.69 Å². The molecule has 3 rings (SSSR count). The second-order valence-corrected chi connectivity index (χ2v) is 4.91. The molecule has 20 heavy (non-hydrogen) atoms. The third-order valence-electron chi connectivity index (χ3n) is 3.70. The molecular formula is C15H15NO4. The fourth-order valence-corrected chi connectivity index (χ4v) is 2.67. The molecule has 0 saturated heterocycles. The molecule has 2 aromatic rings. The van der Waals surface area contributed by atoms with Crippen molar-refractivity contribution in [3.63, 3.8) is 0 Å². The first-order valence-corrected chi connectivity index (χ1v) is 6.38. The summed E-state index contributed by atoms with van der Waals surface area (Å²) in [7, 11) is 0. The van der Waals surface area contributed by atoms with E-state index in [1.807, 2.05) is 0 Å². The largest absolute Gasteiger partial charge is 0.504 e. The van der Waals surface area contributed by atoms with Crippen LogP contribution in [-0.2, 0) is 0 Å². The molecule has 1 heterocycles. The Morgan fingerprint density at radius 3 is 2.40 bits per heavy atom. The summed E-state index contributed by atoms with van der Waals surface area (Å²) < 4.78 is 0. The van der Waals surface area contributed by atoms with Gasteiger partial charge >= 0.3 is 0 Å². The summed E-state index contributed by atoms with van der Waals surface area (Å²) in [6, 6.07) is 7.93. The predicted octanol–water partition coefficient (Wildman–Crippen LogP) is 2.46. The molecule has 0 fully saturated rings. The van der Waals surface area contributed by atoms with Gasteiger partial charge < -0.3 is 25.7 Å². The van der Waals surface area contributed by atoms with Crippen LogP contribution in [0.2, 0.25) is 0 Å². The Kier molecular flexibility index (Phi) is 2.82. The maximum atomic E-state index is 9.90. The highest BCUT2D eigenvalue weighted by Gasteiger charge is 2.25. The summed E-state index contributed by atoms with van der Waals surface area (Å²) in [6.07, 6.45) is 0.793. The molecule has 5 nitrogen and oxygen atoms in total. The van der Waals surface area contributed by atoms with E-state index in [1.54, 1.807) is 12.1 Å². The smallest absolute Gasteiger partial charge is 0.181 e. The average molecular weight is 273 g/mol. The van der Waals surface area contributed by atoms with Gasteiger partial charge in [0, 0.05) is 12.5 Å². The van der Waals surface area contributed by atoms with E-state index in [2.05, 4.69) is 5.32 Å². The summed E-state index contributed by atoms with van der Waals surface area (Å²) in [5.41, 5.74) is 2.23. The molecule has 5 N–H and O–H groups in total. The lowest BCUT2D eigenvalue weighted by molar-refractivity contribution is 0.401. The molecule has 5 heteroatoms. The molecule has 104 valence electrons. The molecule has 1 atom stereocenters. The highest BCUT2D eigenvalue weighted by Crippen LogP contribution is 2.45. The van der Waals surface area contributed by atoms with Crippen molar-refractivity contribution in [2.45, 2.75) is 12.3 Å². The van der Waals surface area contributed by atoms with Crippen molar-refractivity contribution in [1.29, 1.82) is 0 Å². The second-order valence-electron chi connectivity index (χ2n) is 4.91. The highest BCUT2D eigenvalue weighted by molar-refractivity contribution is 5.70. The normalized spacial score (nSPS) is 17.3. The fourth-order valence-electron chi connectivity index (χ4n) is 2.67. The van der Waals surface area contributed by atoms with E-state index in [9.17, 15) is 20.4 Å². The zero-order valence-electron chi connectivity index (χ0n) is 10.7. The molecule has 1 unspecified atom stereocenters. The number of nitrogens with one attached hydrogen (secondary N) is 1. The van der Waals surface area contributed by atoms with Gasteiger partial charge in [-0.1, -0.05) is 12.1 Å². The number of aromatic hydroxyl groups is 4. The van der Waals surface area contributed by atoms with Gasteiger partial charge in [-0.3, -0.25) is 0 Å². The van der Waals surface area contributed by atoms with Gasteiger partial charge in [-0.15, -0.1) is 0 Å². The second kappa shape index (κ2) is 4.52. The zero-order valence-corrected chi connectivity index (χ0v) is 10.7. The molecule has 0 saturated carbocycles. The van der Waals surface area contributed by atoms with Crippen molar-refractivity contribution in [1.82, 2.24) is 0 Å².